The van der Waals surface area contributed by atoms with Gasteiger partial charge in [-0.05, 0) is 24.2 Å². The first-order chi connectivity index (χ1) is 9.42. The number of carbonyl (C=O) groups is 1. The van der Waals surface area contributed by atoms with Crippen LogP contribution >= 0.6 is 0 Å². The minimum Gasteiger partial charge on any atom is -0.454 e. The van der Waals surface area contributed by atoms with Gasteiger partial charge in [-0.2, -0.15) is 17.2 Å². The normalized spacial score (nSPS) is 48.1. The number of esters is 1. The highest BCUT2D eigenvalue weighted by atomic mass is 32.2. The Morgan fingerprint density at radius 3 is 2.38 bits per heavy atom. The Balaban J connectivity index is 1.82. The van der Waals surface area contributed by atoms with Crippen molar-refractivity contribution in [3.8, 4) is 0 Å². The second-order valence-electron chi connectivity index (χ2n) is 6.50. The molecule has 0 amide bonds. The van der Waals surface area contributed by atoms with Crippen LogP contribution in [0.2, 0.25) is 0 Å². The molecule has 6 nitrogen and oxygen atoms in total. The molecule has 120 valence electrons. The fourth-order valence-electron chi connectivity index (χ4n) is 5.03. The molecule has 0 radical (unpaired) electrons. The van der Waals surface area contributed by atoms with Crippen molar-refractivity contribution in [1.82, 2.24) is 0 Å². The summed E-state index contributed by atoms with van der Waals surface area (Å²) in [5.74, 6) is -2.41. The largest absolute Gasteiger partial charge is 0.465 e. The van der Waals surface area contributed by atoms with E-state index in [1.807, 2.05) is 13.8 Å². The van der Waals surface area contributed by atoms with Gasteiger partial charge in [0.25, 0.3) is 0 Å². The summed E-state index contributed by atoms with van der Waals surface area (Å²) in [6.45, 7) is 3.88. The van der Waals surface area contributed by atoms with E-state index in [4.69, 9.17) is 4.55 Å². The van der Waals surface area contributed by atoms with Crippen LogP contribution in [0.4, 0.5) is 8.78 Å². The molecule has 0 aromatic rings. The van der Waals surface area contributed by atoms with Crippen molar-refractivity contribution < 1.29 is 36.4 Å². The molecule has 3 rings (SSSR count). The molecule has 0 aromatic heterocycles. The van der Waals surface area contributed by atoms with Crippen molar-refractivity contribution in [2.45, 2.75) is 44.2 Å². The first-order valence-electron chi connectivity index (χ1n) is 6.66. The summed E-state index contributed by atoms with van der Waals surface area (Å²) in [6.07, 6.45) is -0.871. The van der Waals surface area contributed by atoms with Gasteiger partial charge in [0.2, 0.25) is 0 Å². The minimum atomic E-state index is -5.89. The zero-order chi connectivity index (χ0) is 16.0. The molecule has 0 aliphatic heterocycles. The topological polar surface area (TPSA) is 101 Å². The van der Waals surface area contributed by atoms with Gasteiger partial charge in [-0.3, -0.25) is 4.55 Å². The number of hydrogen-bond acceptors (Lipinski definition) is 5. The summed E-state index contributed by atoms with van der Waals surface area (Å²) in [7, 11) is -5.89. The zero-order valence-electron chi connectivity index (χ0n) is 11.4. The van der Waals surface area contributed by atoms with E-state index in [9.17, 15) is 27.1 Å². The van der Waals surface area contributed by atoms with Crippen molar-refractivity contribution in [2.75, 3.05) is 0 Å². The van der Waals surface area contributed by atoms with E-state index >= 15 is 0 Å². The first-order valence-corrected chi connectivity index (χ1v) is 8.10. The number of halogens is 2. The lowest BCUT2D eigenvalue weighted by molar-refractivity contribution is -0.180. The summed E-state index contributed by atoms with van der Waals surface area (Å²) >= 11 is 0. The van der Waals surface area contributed by atoms with Crippen LogP contribution in [0.25, 0.3) is 0 Å². The Kier molecular flexibility index (Phi) is 2.70. The zero-order valence-corrected chi connectivity index (χ0v) is 12.2. The number of rotatable bonds is 3. The smallest absolute Gasteiger partial charge is 0.454 e. The van der Waals surface area contributed by atoms with E-state index in [2.05, 4.69) is 4.74 Å². The molecule has 9 heteroatoms. The lowest BCUT2D eigenvalue weighted by Crippen LogP contribution is -2.47. The molecule has 2 N–H and O–H groups in total. The van der Waals surface area contributed by atoms with Crippen LogP contribution in [0.1, 0.15) is 26.7 Å². The summed E-state index contributed by atoms with van der Waals surface area (Å²) < 4.78 is 60.5. The quantitative estimate of drug-likeness (QED) is 0.588. The van der Waals surface area contributed by atoms with Crippen molar-refractivity contribution in [3.05, 3.63) is 0 Å². The number of hydrogen-bond donors (Lipinski definition) is 2. The third-order valence-electron chi connectivity index (χ3n) is 6.27. The van der Waals surface area contributed by atoms with Gasteiger partial charge in [0.05, 0.1) is 6.10 Å². The maximum absolute atomic E-state index is 13.2. The second-order valence-corrected chi connectivity index (χ2v) is 7.96. The van der Waals surface area contributed by atoms with Crippen LogP contribution in [-0.4, -0.2) is 41.5 Å². The van der Waals surface area contributed by atoms with Gasteiger partial charge in [-0.1, -0.05) is 13.8 Å². The van der Waals surface area contributed by atoms with Gasteiger partial charge < -0.3 is 9.84 Å². The maximum Gasteiger partial charge on any atom is 0.465 e. The molecule has 2 bridgehead atoms. The van der Waals surface area contributed by atoms with E-state index in [0.29, 0.717) is 6.42 Å². The number of aliphatic hydroxyl groups is 1. The summed E-state index contributed by atoms with van der Waals surface area (Å²) in [4.78, 5) is 11.4. The van der Waals surface area contributed by atoms with Gasteiger partial charge >= 0.3 is 21.3 Å². The van der Waals surface area contributed by atoms with Crippen molar-refractivity contribution in [2.24, 2.45) is 22.7 Å². The third-order valence-corrected chi connectivity index (χ3v) is 7.09. The molecule has 21 heavy (non-hydrogen) atoms. The van der Waals surface area contributed by atoms with Gasteiger partial charge in [-0.25, -0.2) is 4.79 Å². The molecule has 3 aliphatic rings. The monoisotopic (exact) mass is 326 g/mol. The Labute approximate surface area is 120 Å². The SMILES string of the molecule is CC1C2(C)C3CCC12C(O)C3OC(=O)C(F)(F)S(=O)(=O)O. The number of alkyl halides is 2. The number of aliphatic hydroxyl groups excluding tert-OH is 1. The summed E-state index contributed by atoms with van der Waals surface area (Å²) in [5.41, 5.74) is -0.708. The van der Waals surface area contributed by atoms with Gasteiger partial charge in [0.15, 0.2) is 0 Å². The van der Waals surface area contributed by atoms with E-state index in [-0.39, 0.29) is 17.3 Å². The molecule has 6 unspecified atom stereocenters. The fraction of sp³-hybridized carbons (Fsp3) is 0.917. The highest BCUT2D eigenvalue weighted by Crippen LogP contribution is 2.86. The van der Waals surface area contributed by atoms with E-state index in [0.717, 1.165) is 6.42 Å². The Hall–Kier alpha value is -0.800. The molecule has 3 fully saturated rings. The molecule has 0 spiro atoms. The Bertz CT molecular complexity index is 619. The average molecular weight is 326 g/mol. The van der Waals surface area contributed by atoms with Gasteiger partial charge in [0.1, 0.15) is 6.10 Å². The van der Waals surface area contributed by atoms with E-state index in [1.54, 1.807) is 0 Å². The molecule has 0 heterocycles. The average Bonchev–Trinajstić information content (AvgIpc) is 2.63. The Morgan fingerprint density at radius 1 is 1.43 bits per heavy atom. The van der Waals surface area contributed by atoms with Crippen LogP contribution in [0, 0.1) is 22.7 Å². The van der Waals surface area contributed by atoms with Crippen molar-refractivity contribution in [1.29, 1.82) is 0 Å². The molecule has 0 saturated heterocycles. The lowest BCUT2D eigenvalue weighted by atomic mass is 9.80. The highest BCUT2D eigenvalue weighted by molar-refractivity contribution is 7.87. The lowest BCUT2D eigenvalue weighted by Gasteiger charge is -2.35. The van der Waals surface area contributed by atoms with Gasteiger partial charge in [0, 0.05) is 11.3 Å². The predicted octanol–water partition coefficient (Wildman–Crippen LogP) is 0.806. The van der Waals surface area contributed by atoms with Crippen LogP contribution in [-0.2, 0) is 19.6 Å². The summed E-state index contributed by atoms with van der Waals surface area (Å²) in [6, 6.07) is 0. The molecule has 0 aromatic carbocycles. The maximum atomic E-state index is 13.2. The second kappa shape index (κ2) is 3.75. The minimum absolute atomic E-state index is 0.204. The van der Waals surface area contributed by atoms with Crippen molar-refractivity contribution >= 4 is 16.1 Å². The highest BCUT2D eigenvalue weighted by Gasteiger charge is 2.87. The summed E-state index contributed by atoms with van der Waals surface area (Å²) in [5, 5.41) is 5.27. The predicted molar refractivity (Wildman–Crippen MR) is 64.8 cm³/mol. The molecule has 3 aliphatic carbocycles. The fourth-order valence-corrected chi connectivity index (χ4v) is 5.29. The van der Waals surface area contributed by atoms with Crippen molar-refractivity contribution in [3.63, 3.8) is 0 Å². The van der Waals surface area contributed by atoms with E-state index in [1.165, 1.54) is 0 Å². The standard InChI is InChI=1S/C12H16F2O6S/c1-5-10(2)6-3-4-11(5,10)8(15)7(6)20-9(16)12(13,14)21(17,18)19/h5-8,15H,3-4H2,1-2H3,(H,17,18,19). The van der Waals surface area contributed by atoms with Crippen LogP contribution in [0.5, 0.6) is 0 Å². The number of carbonyl (C=O) groups excluding carboxylic acids is 1. The first kappa shape index (κ1) is 15.1. The molecular formula is C12H16F2O6S. The van der Waals surface area contributed by atoms with Crippen LogP contribution in [0.3, 0.4) is 0 Å². The Morgan fingerprint density at radius 2 is 2.00 bits per heavy atom. The van der Waals surface area contributed by atoms with Gasteiger partial charge in [-0.15, -0.1) is 0 Å². The molecular weight excluding hydrogens is 310 g/mol. The van der Waals surface area contributed by atoms with E-state index < -0.39 is 39.0 Å². The number of ether oxygens (including phenoxy) is 1. The van der Waals surface area contributed by atoms with Crippen LogP contribution < -0.4 is 0 Å². The molecule has 6 atom stereocenters. The third kappa shape index (κ3) is 1.42. The van der Waals surface area contributed by atoms with Crippen LogP contribution in [0.15, 0.2) is 0 Å². The molecule has 3 saturated carbocycles.